The zero-order valence-electron chi connectivity index (χ0n) is 23.7. The number of carbonyl (C=O) groups excluding carboxylic acids is 2. The number of nitrogens with one attached hydrogen (secondary N) is 1. The molecule has 0 radical (unpaired) electrons. The summed E-state index contributed by atoms with van der Waals surface area (Å²) in [6.45, 7) is 9.81. The second-order valence-electron chi connectivity index (χ2n) is 10.3. The molecule has 1 N–H and O–H groups in total. The largest absolute Gasteiger partial charge is 0.354 e. The van der Waals surface area contributed by atoms with E-state index in [1.54, 1.807) is 18.2 Å². The molecule has 0 saturated heterocycles. The topological polar surface area (TPSA) is 86.8 Å². The molecule has 7 nitrogen and oxygen atoms in total. The van der Waals surface area contributed by atoms with Crippen LogP contribution in [0.15, 0.2) is 77.7 Å². The number of carbonyl (C=O) groups is 2. The number of anilines is 1. The van der Waals surface area contributed by atoms with Crippen LogP contribution >= 0.6 is 11.6 Å². The molecule has 0 heterocycles. The molecule has 0 fully saturated rings. The lowest BCUT2D eigenvalue weighted by Crippen LogP contribution is -2.52. The first-order valence-electron chi connectivity index (χ1n) is 13.4. The maximum atomic E-state index is 14.1. The number of aryl methyl sites for hydroxylation is 2. The second-order valence-corrected chi connectivity index (χ2v) is 12.6. The quantitative estimate of drug-likeness (QED) is 0.295. The molecule has 0 spiro atoms. The SMILES string of the molecule is CC[C@H](C(=O)NCC(C)C)N(Cc1ccccc1C)C(=O)CN(c1cccc(C)c1)S(=O)(=O)c1ccc(Cl)cc1. The van der Waals surface area contributed by atoms with Crippen molar-refractivity contribution < 1.29 is 18.0 Å². The first kappa shape index (κ1) is 31.2. The Morgan fingerprint density at radius 2 is 1.62 bits per heavy atom. The van der Waals surface area contributed by atoms with Crippen LogP contribution in [0.2, 0.25) is 5.02 Å². The highest BCUT2D eigenvalue weighted by atomic mass is 35.5. The van der Waals surface area contributed by atoms with E-state index in [1.807, 2.05) is 65.0 Å². The molecule has 2 amide bonds. The number of amides is 2. The van der Waals surface area contributed by atoms with Crippen molar-refractivity contribution in [3.8, 4) is 0 Å². The molecule has 0 aliphatic rings. The van der Waals surface area contributed by atoms with Gasteiger partial charge < -0.3 is 10.2 Å². The molecule has 3 aromatic rings. The van der Waals surface area contributed by atoms with E-state index >= 15 is 0 Å². The second kappa shape index (κ2) is 13.8. The van der Waals surface area contributed by atoms with E-state index in [0.717, 1.165) is 21.0 Å². The third kappa shape index (κ3) is 7.86. The zero-order chi connectivity index (χ0) is 29.4. The number of benzene rings is 3. The molecule has 0 unspecified atom stereocenters. The molecule has 0 saturated carbocycles. The summed E-state index contributed by atoms with van der Waals surface area (Å²) in [5.41, 5.74) is 3.06. The summed E-state index contributed by atoms with van der Waals surface area (Å²) < 4.78 is 28.9. The molecule has 0 aliphatic heterocycles. The molecular weight excluding hydrogens is 546 g/mol. The third-order valence-electron chi connectivity index (χ3n) is 6.64. The van der Waals surface area contributed by atoms with Crippen molar-refractivity contribution in [1.29, 1.82) is 0 Å². The molecular formula is C31H38ClN3O4S. The van der Waals surface area contributed by atoms with Crippen LogP contribution in [-0.4, -0.2) is 44.3 Å². The number of rotatable bonds is 12. The van der Waals surface area contributed by atoms with Gasteiger partial charge >= 0.3 is 0 Å². The summed E-state index contributed by atoms with van der Waals surface area (Å²) >= 11 is 6.01. The monoisotopic (exact) mass is 583 g/mol. The minimum Gasteiger partial charge on any atom is -0.354 e. The van der Waals surface area contributed by atoms with Crippen LogP contribution < -0.4 is 9.62 Å². The van der Waals surface area contributed by atoms with Crippen molar-refractivity contribution in [3.63, 3.8) is 0 Å². The molecule has 1 atom stereocenters. The van der Waals surface area contributed by atoms with Gasteiger partial charge in [-0.15, -0.1) is 0 Å². The molecule has 3 rings (SSSR count). The summed E-state index contributed by atoms with van der Waals surface area (Å²) in [7, 11) is -4.14. The fourth-order valence-electron chi connectivity index (χ4n) is 4.36. The average molecular weight is 584 g/mol. The zero-order valence-corrected chi connectivity index (χ0v) is 25.3. The van der Waals surface area contributed by atoms with E-state index < -0.39 is 28.5 Å². The van der Waals surface area contributed by atoms with E-state index in [9.17, 15) is 18.0 Å². The smallest absolute Gasteiger partial charge is 0.264 e. The molecule has 3 aromatic carbocycles. The highest BCUT2D eigenvalue weighted by Crippen LogP contribution is 2.26. The Bertz CT molecular complexity index is 1420. The Morgan fingerprint density at radius 1 is 0.950 bits per heavy atom. The Kier molecular flexibility index (Phi) is 10.8. The van der Waals surface area contributed by atoms with Crippen LogP contribution in [0.1, 0.15) is 43.9 Å². The fourth-order valence-corrected chi connectivity index (χ4v) is 5.89. The summed E-state index contributed by atoms with van der Waals surface area (Å²) in [4.78, 5) is 28.9. The van der Waals surface area contributed by atoms with Crippen molar-refractivity contribution >= 4 is 39.1 Å². The van der Waals surface area contributed by atoms with Gasteiger partial charge in [0.1, 0.15) is 12.6 Å². The predicted molar refractivity (Wildman–Crippen MR) is 161 cm³/mol. The van der Waals surface area contributed by atoms with Gasteiger partial charge in [-0.25, -0.2) is 8.42 Å². The molecule has 214 valence electrons. The fraction of sp³-hybridized carbons (Fsp3) is 0.355. The first-order valence-corrected chi connectivity index (χ1v) is 15.2. The normalized spacial score (nSPS) is 12.2. The highest BCUT2D eigenvalue weighted by Gasteiger charge is 2.34. The van der Waals surface area contributed by atoms with E-state index in [0.29, 0.717) is 23.7 Å². The number of hydrogen-bond donors (Lipinski definition) is 1. The van der Waals surface area contributed by atoms with Crippen molar-refractivity contribution in [2.45, 2.75) is 58.5 Å². The Morgan fingerprint density at radius 3 is 2.23 bits per heavy atom. The van der Waals surface area contributed by atoms with Gasteiger partial charge in [-0.05, 0) is 79.3 Å². The summed E-state index contributed by atoms with van der Waals surface area (Å²) in [6, 6.07) is 19.7. The standard InChI is InChI=1S/C31H38ClN3O4S/c1-6-29(31(37)33-19-22(2)3)34(20-25-12-8-7-11-24(25)5)30(36)21-35(27-13-9-10-23(4)18-27)40(38,39)28-16-14-26(32)15-17-28/h7-18,22,29H,6,19-21H2,1-5H3,(H,33,37)/t29-/m1/s1. The summed E-state index contributed by atoms with van der Waals surface area (Å²) in [6.07, 6.45) is 0.371. The number of sulfonamides is 1. The van der Waals surface area contributed by atoms with Gasteiger partial charge in [0.05, 0.1) is 10.6 Å². The third-order valence-corrected chi connectivity index (χ3v) is 8.68. The van der Waals surface area contributed by atoms with Crippen LogP contribution in [0.3, 0.4) is 0 Å². The van der Waals surface area contributed by atoms with Crippen molar-refractivity contribution in [1.82, 2.24) is 10.2 Å². The summed E-state index contributed by atoms with van der Waals surface area (Å²) in [5.74, 6) is -0.502. The maximum Gasteiger partial charge on any atom is 0.264 e. The van der Waals surface area contributed by atoms with E-state index in [-0.39, 0.29) is 23.3 Å². The van der Waals surface area contributed by atoms with Gasteiger partial charge in [0, 0.05) is 18.1 Å². The van der Waals surface area contributed by atoms with Gasteiger partial charge in [-0.2, -0.15) is 0 Å². The van der Waals surface area contributed by atoms with Gasteiger partial charge in [0.15, 0.2) is 0 Å². The first-order chi connectivity index (χ1) is 18.9. The minimum absolute atomic E-state index is 0.0124. The maximum absolute atomic E-state index is 14.1. The molecule has 40 heavy (non-hydrogen) atoms. The van der Waals surface area contributed by atoms with Crippen LogP contribution in [0.4, 0.5) is 5.69 Å². The van der Waals surface area contributed by atoms with Gasteiger partial charge in [-0.1, -0.05) is 68.8 Å². The Hall–Kier alpha value is -3.36. The van der Waals surface area contributed by atoms with Crippen molar-refractivity contribution in [2.24, 2.45) is 5.92 Å². The van der Waals surface area contributed by atoms with Crippen molar-refractivity contribution in [2.75, 3.05) is 17.4 Å². The number of halogens is 1. The minimum atomic E-state index is -4.14. The van der Waals surface area contributed by atoms with E-state index in [2.05, 4.69) is 5.32 Å². The number of hydrogen-bond acceptors (Lipinski definition) is 4. The highest BCUT2D eigenvalue weighted by molar-refractivity contribution is 7.92. The van der Waals surface area contributed by atoms with E-state index in [1.165, 1.54) is 29.2 Å². The van der Waals surface area contributed by atoms with Crippen molar-refractivity contribution in [3.05, 3.63) is 94.5 Å². The lowest BCUT2D eigenvalue weighted by atomic mass is 10.1. The molecule has 0 aliphatic carbocycles. The molecule has 0 bridgehead atoms. The predicted octanol–water partition coefficient (Wildman–Crippen LogP) is 5.73. The lowest BCUT2D eigenvalue weighted by molar-refractivity contribution is -0.140. The van der Waals surface area contributed by atoms with Gasteiger partial charge in [0.25, 0.3) is 10.0 Å². The Balaban J connectivity index is 2.06. The summed E-state index contributed by atoms with van der Waals surface area (Å²) in [5, 5.41) is 3.35. The molecule has 0 aromatic heterocycles. The van der Waals surface area contributed by atoms with Crippen LogP contribution in [0.25, 0.3) is 0 Å². The molecule has 9 heteroatoms. The van der Waals surface area contributed by atoms with E-state index in [4.69, 9.17) is 11.6 Å². The lowest BCUT2D eigenvalue weighted by Gasteiger charge is -2.33. The Labute approximate surface area is 243 Å². The van der Waals surface area contributed by atoms with Gasteiger partial charge in [0.2, 0.25) is 11.8 Å². The van der Waals surface area contributed by atoms with Gasteiger partial charge in [-0.3, -0.25) is 13.9 Å². The van der Waals surface area contributed by atoms with Crippen LogP contribution in [-0.2, 0) is 26.2 Å². The van der Waals surface area contributed by atoms with Crippen LogP contribution in [0, 0.1) is 19.8 Å². The average Bonchev–Trinajstić information content (AvgIpc) is 2.91. The van der Waals surface area contributed by atoms with Crippen LogP contribution in [0.5, 0.6) is 0 Å². The number of nitrogens with zero attached hydrogens (tertiary/aromatic N) is 2.